The molecule has 0 aliphatic carbocycles. The number of imidazole rings is 1. The van der Waals surface area contributed by atoms with E-state index < -0.39 is 5.97 Å². The lowest BCUT2D eigenvalue weighted by atomic mass is 10.1. The van der Waals surface area contributed by atoms with Crippen LogP contribution in [0.5, 0.6) is 0 Å². The fourth-order valence-electron chi connectivity index (χ4n) is 2.19. The summed E-state index contributed by atoms with van der Waals surface area (Å²) in [7, 11) is 1.92. The second-order valence-corrected chi connectivity index (χ2v) is 4.95. The summed E-state index contributed by atoms with van der Waals surface area (Å²) in [6.45, 7) is 0. The lowest BCUT2D eigenvalue weighted by Crippen LogP contribution is -1.96. The third kappa shape index (κ3) is 2.04. The lowest BCUT2D eigenvalue weighted by molar-refractivity contribution is 0.0697. The van der Waals surface area contributed by atoms with Gasteiger partial charge in [0, 0.05) is 17.6 Å². The number of nitrogens with zero attached hydrogens (tertiary/aromatic N) is 2. The first kappa shape index (κ1) is 12.7. The number of rotatable bonds is 2. The van der Waals surface area contributed by atoms with Crippen LogP contribution in [-0.2, 0) is 7.05 Å². The van der Waals surface area contributed by atoms with Crippen molar-refractivity contribution < 1.29 is 9.90 Å². The van der Waals surface area contributed by atoms with Crippen LogP contribution in [0.25, 0.3) is 22.4 Å². The normalized spacial score (nSPS) is 10.9. The van der Waals surface area contributed by atoms with Gasteiger partial charge in [0.1, 0.15) is 5.82 Å². The van der Waals surface area contributed by atoms with E-state index in [1.165, 1.54) is 0 Å². The van der Waals surface area contributed by atoms with Crippen molar-refractivity contribution in [1.82, 2.24) is 9.55 Å². The Hall–Kier alpha value is -2.33. The zero-order chi connectivity index (χ0) is 14.3. The van der Waals surface area contributed by atoms with Gasteiger partial charge in [0.05, 0.1) is 16.6 Å². The largest absolute Gasteiger partial charge is 0.478 e. The minimum Gasteiger partial charge on any atom is -0.478 e. The zero-order valence-corrected chi connectivity index (χ0v) is 11.4. The first-order chi connectivity index (χ1) is 9.56. The fourth-order valence-corrected chi connectivity index (χ4v) is 2.36. The Balaban J connectivity index is 2.14. The maximum atomic E-state index is 10.9. The molecule has 4 nitrogen and oxygen atoms in total. The minimum absolute atomic E-state index is 0.260. The number of aromatic carboxylic acids is 1. The van der Waals surface area contributed by atoms with Crippen LogP contribution in [0.1, 0.15) is 10.4 Å². The minimum atomic E-state index is -0.937. The molecule has 1 aromatic heterocycles. The Bertz CT molecular complexity index is 807. The van der Waals surface area contributed by atoms with Crippen molar-refractivity contribution in [1.29, 1.82) is 0 Å². The summed E-state index contributed by atoms with van der Waals surface area (Å²) in [5.74, 6) is -0.160. The molecule has 0 bridgehead atoms. The van der Waals surface area contributed by atoms with Crippen molar-refractivity contribution in [3.05, 3.63) is 53.1 Å². The van der Waals surface area contributed by atoms with E-state index in [1.807, 2.05) is 29.8 Å². The average Bonchev–Trinajstić information content (AvgIpc) is 2.75. The molecule has 1 N–H and O–H groups in total. The number of carboxylic acid groups (broad SMARTS) is 1. The van der Waals surface area contributed by atoms with Crippen molar-refractivity contribution in [3.8, 4) is 11.4 Å². The van der Waals surface area contributed by atoms with E-state index in [-0.39, 0.29) is 5.56 Å². The predicted molar refractivity (Wildman–Crippen MR) is 78.1 cm³/mol. The van der Waals surface area contributed by atoms with Crippen molar-refractivity contribution in [2.75, 3.05) is 0 Å². The highest BCUT2D eigenvalue weighted by molar-refractivity contribution is 6.31. The molecular weight excluding hydrogens is 276 g/mol. The Labute approximate surface area is 120 Å². The molecule has 0 unspecified atom stereocenters. The Morgan fingerprint density at radius 1 is 1.20 bits per heavy atom. The molecule has 5 heteroatoms. The van der Waals surface area contributed by atoms with Gasteiger partial charge in [0.25, 0.3) is 0 Å². The number of aromatic nitrogens is 2. The maximum absolute atomic E-state index is 10.9. The van der Waals surface area contributed by atoms with Gasteiger partial charge >= 0.3 is 5.97 Å². The Morgan fingerprint density at radius 3 is 2.55 bits per heavy atom. The number of carboxylic acids is 1. The molecule has 0 spiro atoms. The first-order valence-electron chi connectivity index (χ1n) is 6.02. The molecule has 0 aliphatic heterocycles. The van der Waals surface area contributed by atoms with Gasteiger partial charge in [-0.05, 0) is 30.3 Å². The molecule has 0 saturated heterocycles. The average molecular weight is 287 g/mol. The van der Waals surface area contributed by atoms with Crippen LogP contribution in [0.4, 0.5) is 0 Å². The standard InChI is InChI=1S/C15H11ClN2O2/c1-18-13-7-6-11(16)8-12(13)17-14(18)9-2-4-10(5-3-9)15(19)20/h2-8H,1H3,(H,19,20). The number of halogens is 1. The lowest BCUT2D eigenvalue weighted by Gasteiger charge is -2.03. The molecule has 3 aromatic rings. The second-order valence-electron chi connectivity index (χ2n) is 4.51. The van der Waals surface area contributed by atoms with Crippen LogP contribution in [0.3, 0.4) is 0 Å². The van der Waals surface area contributed by atoms with Gasteiger partial charge in [0.15, 0.2) is 0 Å². The van der Waals surface area contributed by atoms with Crippen molar-refractivity contribution in [2.24, 2.45) is 7.05 Å². The van der Waals surface area contributed by atoms with E-state index in [1.54, 1.807) is 24.3 Å². The number of fused-ring (bicyclic) bond motifs is 1. The van der Waals surface area contributed by atoms with E-state index in [4.69, 9.17) is 16.7 Å². The highest BCUT2D eigenvalue weighted by Gasteiger charge is 2.11. The van der Waals surface area contributed by atoms with Crippen molar-refractivity contribution >= 4 is 28.6 Å². The first-order valence-corrected chi connectivity index (χ1v) is 6.40. The second kappa shape index (κ2) is 4.65. The van der Waals surface area contributed by atoms with Crippen LogP contribution in [0.15, 0.2) is 42.5 Å². The van der Waals surface area contributed by atoms with Gasteiger partial charge in [-0.1, -0.05) is 23.7 Å². The molecule has 20 heavy (non-hydrogen) atoms. The molecule has 3 rings (SSSR count). The number of benzene rings is 2. The van der Waals surface area contributed by atoms with E-state index in [2.05, 4.69) is 4.98 Å². The monoisotopic (exact) mass is 286 g/mol. The van der Waals surface area contributed by atoms with Gasteiger partial charge in [-0.2, -0.15) is 0 Å². The quantitative estimate of drug-likeness (QED) is 0.783. The molecule has 0 saturated carbocycles. The smallest absolute Gasteiger partial charge is 0.335 e. The summed E-state index contributed by atoms with van der Waals surface area (Å²) in [6, 6.07) is 12.2. The molecule has 0 amide bonds. The van der Waals surface area contributed by atoms with Crippen LogP contribution < -0.4 is 0 Å². The Morgan fingerprint density at radius 2 is 1.90 bits per heavy atom. The topological polar surface area (TPSA) is 55.1 Å². The third-order valence-corrected chi connectivity index (χ3v) is 3.47. The van der Waals surface area contributed by atoms with E-state index in [0.29, 0.717) is 5.02 Å². The molecule has 1 heterocycles. The van der Waals surface area contributed by atoms with Crippen LogP contribution in [0.2, 0.25) is 5.02 Å². The van der Waals surface area contributed by atoms with Gasteiger partial charge < -0.3 is 9.67 Å². The van der Waals surface area contributed by atoms with E-state index in [9.17, 15) is 4.79 Å². The number of hydrogen-bond acceptors (Lipinski definition) is 2. The number of aryl methyl sites for hydroxylation is 1. The SMILES string of the molecule is Cn1c(-c2ccc(C(=O)O)cc2)nc2cc(Cl)ccc21. The molecule has 0 radical (unpaired) electrons. The molecule has 0 atom stereocenters. The summed E-state index contributed by atoms with van der Waals surface area (Å²) in [6.07, 6.45) is 0. The van der Waals surface area contributed by atoms with E-state index in [0.717, 1.165) is 22.4 Å². The maximum Gasteiger partial charge on any atom is 0.335 e. The van der Waals surface area contributed by atoms with Crippen LogP contribution in [-0.4, -0.2) is 20.6 Å². The molecule has 100 valence electrons. The molecule has 2 aromatic carbocycles. The summed E-state index contributed by atoms with van der Waals surface area (Å²) in [5.41, 5.74) is 2.92. The van der Waals surface area contributed by atoms with Gasteiger partial charge in [-0.15, -0.1) is 0 Å². The summed E-state index contributed by atoms with van der Waals surface area (Å²) < 4.78 is 1.96. The number of carbonyl (C=O) groups is 1. The highest BCUT2D eigenvalue weighted by Crippen LogP contribution is 2.25. The Kier molecular flexibility index (Phi) is 2.95. The summed E-state index contributed by atoms with van der Waals surface area (Å²) >= 11 is 5.97. The van der Waals surface area contributed by atoms with E-state index >= 15 is 0 Å². The van der Waals surface area contributed by atoms with Crippen LogP contribution >= 0.6 is 11.6 Å². The highest BCUT2D eigenvalue weighted by atomic mass is 35.5. The van der Waals surface area contributed by atoms with Crippen LogP contribution in [0, 0.1) is 0 Å². The third-order valence-electron chi connectivity index (χ3n) is 3.23. The van der Waals surface area contributed by atoms with Gasteiger partial charge in [-0.25, -0.2) is 9.78 Å². The summed E-state index contributed by atoms with van der Waals surface area (Å²) in [5, 5.41) is 9.55. The zero-order valence-electron chi connectivity index (χ0n) is 10.7. The molecule has 0 aliphatic rings. The van der Waals surface area contributed by atoms with Crippen molar-refractivity contribution in [3.63, 3.8) is 0 Å². The van der Waals surface area contributed by atoms with Gasteiger partial charge in [-0.3, -0.25) is 0 Å². The predicted octanol–water partition coefficient (Wildman–Crippen LogP) is 3.59. The fraction of sp³-hybridized carbons (Fsp3) is 0.0667. The molecular formula is C15H11ClN2O2. The number of hydrogen-bond donors (Lipinski definition) is 1. The summed E-state index contributed by atoms with van der Waals surface area (Å²) in [4.78, 5) is 15.4. The van der Waals surface area contributed by atoms with Crippen molar-refractivity contribution in [2.45, 2.75) is 0 Å². The van der Waals surface area contributed by atoms with Gasteiger partial charge in [0.2, 0.25) is 0 Å². The molecule has 0 fully saturated rings.